The maximum absolute atomic E-state index is 12.1. The predicted molar refractivity (Wildman–Crippen MR) is 83.3 cm³/mol. The first-order chi connectivity index (χ1) is 9.61. The molecule has 1 saturated heterocycles. The van der Waals surface area contributed by atoms with Gasteiger partial charge in [0.05, 0.1) is 0 Å². The molecule has 1 amide bonds. The minimum absolute atomic E-state index is 0.121. The molecule has 1 aromatic heterocycles. The van der Waals surface area contributed by atoms with E-state index >= 15 is 0 Å². The number of nitrogen functional groups attached to an aromatic ring is 1. The van der Waals surface area contributed by atoms with Crippen LogP contribution in [0.3, 0.4) is 0 Å². The summed E-state index contributed by atoms with van der Waals surface area (Å²) in [5.74, 6) is 0.190. The number of hydrogen-bond acceptors (Lipinski definition) is 6. The van der Waals surface area contributed by atoms with Crippen molar-refractivity contribution in [3.05, 3.63) is 4.88 Å². The number of likely N-dealkylation sites (N-methyl/N-ethyl adjacent to an activating group) is 1. The van der Waals surface area contributed by atoms with Crippen LogP contribution in [0.1, 0.15) is 35.9 Å². The van der Waals surface area contributed by atoms with Crippen LogP contribution in [-0.4, -0.2) is 48.5 Å². The molecule has 20 heavy (non-hydrogen) atoms. The summed E-state index contributed by atoms with van der Waals surface area (Å²) in [6.07, 6.45) is 3.35. The summed E-state index contributed by atoms with van der Waals surface area (Å²) in [5.41, 5.74) is 5.81. The lowest BCUT2D eigenvalue weighted by Gasteiger charge is -2.19. The molecule has 2 heterocycles. The second-order valence-corrected chi connectivity index (χ2v) is 6.15. The lowest BCUT2D eigenvalue weighted by Crippen LogP contribution is -2.38. The largest absolute Gasteiger partial charge is 0.382 e. The Morgan fingerprint density at radius 2 is 2.40 bits per heavy atom. The van der Waals surface area contributed by atoms with Gasteiger partial charge < -0.3 is 21.3 Å². The van der Waals surface area contributed by atoms with Crippen LogP contribution in [0.4, 0.5) is 10.9 Å². The van der Waals surface area contributed by atoms with E-state index in [9.17, 15) is 4.79 Å². The third-order valence-corrected chi connectivity index (χ3v) is 4.58. The molecule has 0 spiro atoms. The van der Waals surface area contributed by atoms with Crippen molar-refractivity contribution >= 4 is 28.2 Å². The van der Waals surface area contributed by atoms with E-state index < -0.39 is 0 Å². The smallest absolute Gasteiger partial charge is 0.265 e. The summed E-state index contributed by atoms with van der Waals surface area (Å²) < 4.78 is 0. The fourth-order valence-electron chi connectivity index (χ4n) is 2.33. The third-order valence-electron chi connectivity index (χ3n) is 3.56. The predicted octanol–water partition coefficient (Wildman–Crippen LogP) is 1.37. The summed E-state index contributed by atoms with van der Waals surface area (Å²) in [7, 11) is 2.09. The van der Waals surface area contributed by atoms with Gasteiger partial charge in [-0.3, -0.25) is 4.79 Å². The van der Waals surface area contributed by atoms with Crippen LogP contribution in [0, 0.1) is 0 Å². The van der Waals surface area contributed by atoms with Gasteiger partial charge in [0, 0.05) is 19.1 Å². The van der Waals surface area contributed by atoms with Crippen molar-refractivity contribution < 1.29 is 4.79 Å². The van der Waals surface area contributed by atoms with Crippen LogP contribution >= 0.6 is 11.3 Å². The van der Waals surface area contributed by atoms with Crippen LogP contribution in [0.2, 0.25) is 0 Å². The molecule has 0 aliphatic carbocycles. The zero-order valence-corrected chi connectivity index (χ0v) is 12.9. The molecule has 1 aromatic rings. The monoisotopic (exact) mass is 297 g/mol. The Hall–Kier alpha value is -1.34. The lowest BCUT2D eigenvalue weighted by atomic mass is 10.2. The Balaban J connectivity index is 1.89. The summed E-state index contributed by atoms with van der Waals surface area (Å²) in [5, 5.41) is 6.83. The Bertz CT molecular complexity index is 462. The highest BCUT2D eigenvalue weighted by Crippen LogP contribution is 2.25. The normalized spacial score (nSPS) is 19.2. The second-order valence-electron chi connectivity index (χ2n) is 5.15. The van der Waals surface area contributed by atoms with Gasteiger partial charge in [-0.2, -0.15) is 0 Å². The third kappa shape index (κ3) is 3.61. The summed E-state index contributed by atoms with van der Waals surface area (Å²) in [4.78, 5) is 19.1. The van der Waals surface area contributed by atoms with Gasteiger partial charge in [0.1, 0.15) is 10.7 Å². The minimum Gasteiger partial charge on any atom is -0.382 e. The summed E-state index contributed by atoms with van der Waals surface area (Å²) in [6, 6.07) is 0.436. The van der Waals surface area contributed by atoms with Gasteiger partial charge in [-0.15, -0.1) is 0 Å². The topological polar surface area (TPSA) is 83.3 Å². The van der Waals surface area contributed by atoms with Crippen LogP contribution < -0.4 is 16.4 Å². The average molecular weight is 297 g/mol. The highest BCUT2D eigenvalue weighted by Gasteiger charge is 2.22. The SMILES string of the molecule is CCCNc1nc(N)c(C(=O)NCC2CCCN2C)s1. The van der Waals surface area contributed by atoms with E-state index in [-0.39, 0.29) is 5.91 Å². The maximum Gasteiger partial charge on any atom is 0.265 e. The van der Waals surface area contributed by atoms with Crippen molar-refractivity contribution in [3.63, 3.8) is 0 Å². The molecule has 0 radical (unpaired) electrons. The van der Waals surface area contributed by atoms with Crippen molar-refractivity contribution in [2.24, 2.45) is 0 Å². The highest BCUT2D eigenvalue weighted by molar-refractivity contribution is 7.18. The zero-order chi connectivity index (χ0) is 14.5. The Morgan fingerprint density at radius 1 is 1.60 bits per heavy atom. The average Bonchev–Trinajstić information content (AvgIpc) is 3.00. The highest BCUT2D eigenvalue weighted by atomic mass is 32.1. The number of nitrogens with zero attached hydrogens (tertiary/aromatic N) is 2. The Labute approximate surface area is 123 Å². The van der Waals surface area contributed by atoms with Gasteiger partial charge in [-0.05, 0) is 32.9 Å². The van der Waals surface area contributed by atoms with Crippen molar-refractivity contribution in [2.75, 3.05) is 37.7 Å². The van der Waals surface area contributed by atoms with Crippen LogP contribution in [0.5, 0.6) is 0 Å². The second kappa shape index (κ2) is 6.90. The molecular formula is C13H23N5OS. The number of carbonyl (C=O) groups excluding carboxylic acids is 1. The lowest BCUT2D eigenvalue weighted by molar-refractivity contribution is 0.0948. The first kappa shape index (κ1) is 15.1. The van der Waals surface area contributed by atoms with Crippen LogP contribution in [0.15, 0.2) is 0 Å². The molecule has 1 unspecified atom stereocenters. The van der Waals surface area contributed by atoms with Gasteiger partial charge in [-0.1, -0.05) is 18.3 Å². The fraction of sp³-hybridized carbons (Fsp3) is 0.692. The van der Waals surface area contributed by atoms with Crippen molar-refractivity contribution in [1.82, 2.24) is 15.2 Å². The van der Waals surface area contributed by atoms with E-state index in [1.165, 1.54) is 17.8 Å². The van der Waals surface area contributed by atoms with E-state index in [1.54, 1.807) is 0 Å². The van der Waals surface area contributed by atoms with Gasteiger partial charge in [0.15, 0.2) is 5.13 Å². The molecule has 112 valence electrons. The number of amides is 1. The number of likely N-dealkylation sites (tertiary alicyclic amines) is 1. The number of thiazole rings is 1. The van der Waals surface area contributed by atoms with Gasteiger partial charge in [0.25, 0.3) is 5.91 Å². The maximum atomic E-state index is 12.1. The van der Waals surface area contributed by atoms with E-state index in [2.05, 4.69) is 34.5 Å². The van der Waals surface area contributed by atoms with Crippen LogP contribution in [-0.2, 0) is 0 Å². The van der Waals surface area contributed by atoms with Gasteiger partial charge >= 0.3 is 0 Å². The molecule has 6 nitrogen and oxygen atoms in total. The molecule has 1 aliphatic rings. The molecule has 0 saturated carbocycles. The molecule has 2 rings (SSSR count). The van der Waals surface area contributed by atoms with Crippen molar-refractivity contribution in [1.29, 1.82) is 0 Å². The molecule has 1 atom stereocenters. The number of nitrogens with one attached hydrogen (secondary N) is 2. The molecule has 1 aliphatic heterocycles. The van der Waals surface area contributed by atoms with E-state index in [1.807, 2.05) is 0 Å². The quantitative estimate of drug-likeness (QED) is 0.738. The number of rotatable bonds is 6. The molecule has 7 heteroatoms. The number of carbonyl (C=O) groups is 1. The van der Waals surface area contributed by atoms with E-state index in [4.69, 9.17) is 5.73 Å². The molecule has 1 fully saturated rings. The van der Waals surface area contributed by atoms with E-state index in [0.717, 1.165) is 25.9 Å². The van der Waals surface area contributed by atoms with Crippen molar-refractivity contribution in [2.45, 2.75) is 32.2 Å². The Kier molecular flexibility index (Phi) is 5.19. The molecule has 0 bridgehead atoms. The summed E-state index contributed by atoms with van der Waals surface area (Å²) in [6.45, 7) is 4.69. The number of aromatic nitrogens is 1. The standard InChI is InChI=1S/C13H23N5OS/c1-3-6-15-13-17-11(14)10(20-13)12(19)16-8-9-5-4-7-18(9)2/h9H,3-8,14H2,1-2H3,(H,15,17)(H,16,19). The molecule has 4 N–H and O–H groups in total. The Morgan fingerprint density at radius 3 is 3.05 bits per heavy atom. The first-order valence-electron chi connectivity index (χ1n) is 7.10. The van der Waals surface area contributed by atoms with Gasteiger partial charge in [0.2, 0.25) is 0 Å². The van der Waals surface area contributed by atoms with E-state index in [0.29, 0.717) is 28.4 Å². The van der Waals surface area contributed by atoms with Crippen LogP contribution in [0.25, 0.3) is 0 Å². The number of hydrogen-bond donors (Lipinski definition) is 3. The molecule has 0 aromatic carbocycles. The van der Waals surface area contributed by atoms with Gasteiger partial charge in [-0.25, -0.2) is 4.98 Å². The number of anilines is 2. The summed E-state index contributed by atoms with van der Waals surface area (Å²) >= 11 is 1.32. The zero-order valence-electron chi connectivity index (χ0n) is 12.1. The minimum atomic E-state index is -0.121. The van der Waals surface area contributed by atoms with Crippen molar-refractivity contribution in [3.8, 4) is 0 Å². The number of nitrogens with two attached hydrogens (primary N) is 1. The fourth-order valence-corrected chi connectivity index (χ4v) is 3.16. The first-order valence-corrected chi connectivity index (χ1v) is 7.92. The molecular weight excluding hydrogens is 274 g/mol.